The molecule has 0 spiro atoms. The van der Waals surface area contributed by atoms with Crippen LogP contribution >= 0.6 is 11.3 Å². The standard InChI is InChI=1S/C29H47NO6S/c1-18(13-14-24(31)20(3)15-23-17-37-22(5)30-23)11-10-12-19(2)27(36-9)21(4)28(34)29(6,7)25(35-8)16-26(32)33/h13,15,17,19,21,24-25,27,31H,10-12,14,16H2,1-9H3,(H,32,33)/b18-13-,20-15+/t19-,21+,24-,25-,27-/m0/s1. The molecule has 1 heterocycles. The van der Waals surface area contributed by atoms with Crippen LogP contribution in [0.1, 0.15) is 84.3 Å². The highest BCUT2D eigenvalue weighted by molar-refractivity contribution is 7.09. The maximum Gasteiger partial charge on any atom is 0.306 e. The van der Waals surface area contributed by atoms with E-state index in [1.54, 1.807) is 32.3 Å². The molecule has 0 bridgehead atoms. The average Bonchev–Trinajstić information content (AvgIpc) is 3.24. The monoisotopic (exact) mass is 537 g/mol. The Kier molecular flexibility index (Phi) is 13.9. The number of thiazole rings is 1. The molecule has 0 amide bonds. The Bertz CT molecular complexity index is 935. The van der Waals surface area contributed by atoms with Crippen molar-refractivity contribution >= 4 is 29.2 Å². The summed E-state index contributed by atoms with van der Waals surface area (Å²) in [7, 11) is 3.07. The molecule has 1 aromatic heterocycles. The molecule has 37 heavy (non-hydrogen) atoms. The summed E-state index contributed by atoms with van der Waals surface area (Å²) in [6.07, 6.45) is 5.56. The first-order valence-electron chi connectivity index (χ1n) is 13.0. The van der Waals surface area contributed by atoms with Gasteiger partial charge in [0.1, 0.15) is 5.78 Å². The number of aliphatic hydroxyl groups is 1. The van der Waals surface area contributed by atoms with Gasteiger partial charge < -0.3 is 19.7 Å². The first-order valence-corrected chi connectivity index (χ1v) is 13.9. The predicted molar refractivity (Wildman–Crippen MR) is 150 cm³/mol. The van der Waals surface area contributed by atoms with Gasteiger partial charge in [-0.2, -0.15) is 0 Å². The minimum atomic E-state index is -0.992. The number of aryl methyl sites for hydroxylation is 1. The Labute approximate surface area is 227 Å². The van der Waals surface area contributed by atoms with Crippen molar-refractivity contribution in [3.05, 3.63) is 33.3 Å². The Morgan fingerprint density at radius 1 is 1.19 bits per heavy atom. The van der Waals surface area contributed by atoms with E-state index in [1.807, 2.05) is 32.2 Å². The van der Waals surface area contributed by atoms with E-state index in [9.17, 15) is 19.8 Å². The van der Waals surface area contributed by atoms with Crippen LogP contribution in [0.2, 0.25) is 0 Å². The fourth-order valence-corrected chi connectivity index (χ4v) is 5.43. The van der Waals surface area contributed by atoms with Crippen molar-refractivity contribution in [2.75, 3.05) is 14.2 Å². The lowest BCUT2D eigenvalue weighted by Crippen LogP contribution is -2.46. The van der Waals surface area contributed by atoms with Crippen LogP contribution in [-0.4, -0.2) is 59.5 Å². The van der Waals surface area contributed by atoms with Crippen LogP contribution in [0.5, 0.6) is 0 Å². The number of carbonyl (C=O) groups is 2. The molecule has 0 saturated heterocycles. The summed E-state index contributed by atoms with van der Waals surface area (Å²) in [6.45, 7) is 13.4. The Morgan fingerprint density at radius 2 is 1.84 bits per heavy atom. The van der Waals surface area contributed by atoms with Crippen LogP contribution in [0.25, 0.3) is 6.08 Å². The molecule has 5 atom stereocenters. The molecule has 0 aliphatic rings. The van der Waals surface area contributed by atoms with E-state index >= 15 is 0 Å². The third kappa shape index (κ3) is 10.4. The van der Waals surface area contributed by atoms with Crippen LogP contribution in [0.15, 0.2) is 22.6 Å². The van der Waals surface area contributed by atoms with E-state index in [1.165, 1.54) is 12.7 Å². The fourth-order valence-electron chi connectivity index (χ4n) is 4.86. The molecule has 7 nitrogen and oxygen atoms in total. The molecule has 1 rings (SSSR count). The van der Waals surface area contributed by atoms with Gasteiger partial charge in [-0.25, -0.2) is 4.98 Å². The topological polar surface area (TPSA) is 106 Å². The molecule has 0 aromatic carbocycles. The van der Waals surface area contributed by atoms with Crippen LogP contribution in [0.3, 0.4) is 0 Å². The van der Waals surface area contributed by atoms with Gasteiger partial charge in [-0.15, -0.1) is 11.3 Å². The average molecular weight is 538 g/mol. The largest absolute Gasteiger partial charge is 0.481 e. The number of Topliss-reactive ketones (excluding diaryl/α,β-unsaturated/α-hetero) is 1. The lowest BCUT2D eigenvalue weighted by atomic mass is 9.72. The van der Waals surface area contributed by atoms with Crippen molar-refractivity contribution < 1.29 is 29.3 Å². The number of nitrogens with zero attached hydrogens (tertiary/aromatic N) is 1. The third-order valence-corrected chi connectivity index (χ3v) is 8.07. The molecule has 0 fully saturated rings. The molecular weight excluding hydrogens is 490 g/mol. The second-order valence-electron chi connectivity index (χ2n) is 10.7. The van der Waals surface area contributed by atoms with Crippen LogP contribution in [0, 0.1) is 24.2 Å². The SMILES string of the molecule is CO[C@@H]([C@@H](C)CCC/C(C)=C\C[C@H](O)/C(C)=C/c1csc(C)n1)[C@@H](C)C(=O)C(C)(C)[C@H](CC(=O)O)OC. The van der Waals surface area contributed by atoms with E-state index in [0.717, 1.165) is 35.5 Å². The number of methoxy groups -OCH3 is 2. The fraction of sp³-hybridized carbons (Fsp3) is 0.690. The van der Waals surface area contributed by atoms with Crippen molar-refractivity contribution in [2.45, 2.75) is 98.9 Å². The first-order chi connectivity index (χ1) is 17.2. The number of aromatic nitrogens is 1. The van der Waals surface area contributed by atoms with Gasteiger partial charge in [0.2, 0.25) is 0 Å². The molecule has 0 aliphatic heterocycles. The predicted octanol–water partition coefficient (Wildman–Crippen LogP) is 6.09. The van der Waals surface area contributed by atoms with E-state index in [0.29, 0.717) is 6.42 Å². The summed E-state index contributed by atoms with van der Waals surface area (Å²) in [5.41, 5.74) is 2.05. The summed E-state index contributed by atoms with van der Waals surface area (Å²) in [6, 6.07) is 0. The van der Waals surface area contributed by atoms with Gasteiger partial charge in [0.15, 0.2) is 0 Å². The highest BCUT2D eigenvalue weighted by Gasteiger charge is 2.43. The number of carboxylic acids is 1. The van der Waals surface area contributed by atoms with Gasteiger partial charge in [-0.3, -0.25) is 9.59 Å². The zero-order chi connectivity index (χ0) is 28.3. The quantitative estimate of drug-likeness (QED) is 0.231. The van der Waals surface area contributed by atoms with Crippen molar-refractivity contribution in [1.82, 2.24) is 4.98 Å². The van der Waals surface area contributed by atoms with E-state index < -0.39 is 29.5 Å². The van der Waals surface area contributed by atoms with Gasteiger partial charge >= 0.3 is 5.97 Å². The molecule has 210 valence electrons. The molecule has 1 aromatic rings. The Hall–Kier alpha value is -1.87. The van der Waals surface area contributed by atoms with Crippen LogP contribution in [0.4, 0.5) is 0 Å². The minimum absolute atomic E-state index is 0.0550. The molecule has 0 radical (unpaired) electrons. The van der Waals surface area contributed by atoms with Gasteiger partial charge in [-0.05, 0) is 64.0 Å². The third-order valence-electron chi connectivity index (χ3n) is 7.28. The molecule has 8 heteroatoms. The summed E-state index contributed by atoms with van der Waals surface area (Å²) >= 11 is 1.60. The summed E-state index contributed by atoms with van der Waals surface area (Å²) < 4.78 is 11.1. The Balaban J connectivity index is 2.65. The normalized spacial score (nSPS) is 17.2. The van der Waals surface area contributed by atoms with E-state index in [4.69, 9.17) is 9.47 Å². The molecule has 0 aliphatic carbocycles. The van der Waals surface area contributed by atoms with Crippen molar-refractivity contribution in [1.29, 1.82) is 0 Å². The number of ketones is 1. The maximum absolute atomic E-state index is 13.4. The zero-order valence-electron chi connectivity index (χ0n) is 24.0. The number of aliphatic hydroxyl groups excluding tert-OH is 1. The number of hydrogen-bond donors (Lipinski definition) is 2. The van der Waals surface area contributed by atoms with Crippen LogP contribution < -0.4 is 0 Å². The minimum Gasteiger partial charge on any atom is -0.481 e. The second kappa shape index (κ2) is 15.5. The molecule has 0 saturated carbocycles. The van der Waals surface area contributed by atoms with Gasteiger partial charge in [0, 0.05) is 25.5 Å². The molecule has 2 N–H and O–H groups in total. The molecular formula is C29H47NO6S. The smallest absolute Gasteiger partial charge is 0.306 e. The van der Waals surface area contributed by atoms with Crippen molar-refractivity contribution in [3.63, 3.8) is 0 Å². The summed E-state index contributed by atoms with van der Waals surface area (Å²) in [4.78, 5) is 29.0. The number of rotatable bonds is 17. The van der Waals surface area contributed by atoms with Gasteiger partial charge in [0.25, 0.3) is 0 Å². The highest BCUT2D eigenvalue weighted by Crippen LogP contribution is 2.34. The van der Waals surface area contributed by atoms with Crippen molar-refractivity contribution in [3.8, 4) is 0 Å². The number of carboxylic acid groups (broad SMARTS) is 1. The lowest BCUT2D eigenvalue weighted by Gasteiger charge is -2.36. The van der Waals surface area contributed by atoms with Gasteiger partial charge in [0.05, 0.1) is 40.8 Å². The van der Waals surface area contributed by atoms with Crippen LogP contribution in [-0.2, 0) is 19.1 Å². The Morgan fingerprint density at radius 3 is 2.35 bits per heavy atom. The van der Waals surface area contributed by atoms with E-state index in [-0.39, 0.29) is 24.2 Å². The zero-order valence-corrected chi connectivity index (χ0v) is 24.9. The van der Waals surface area contributed by atoms with E-state index in [2.05, 4.69) is 24.9 Å². The lowest BCUT2D eigenvalue weighted by molar-refractivity contribution is -0.150. The summed E-state index contributed by atoms with van der Waals surface area (Å²) in [5.74, 6) is -1.30. The number of aliphatic carboxylic acids is 1. The molecule has 0 unspecified atom stereocenters. The summed E-state index contributed by atoms with van der Waals surface area (Å²) in [5, 5.41) is 22.7. The maximum atomic E-state index is 13.4. The van der Waals surface area contributed by atoms with Crippen molar-refractivity contribution in [2.24, 2.45) is 17.3 Å². The number of hydrogen-bond acceptors (Lipinski definition) is 7. The first kappa shape index (κ1) is 33.2. The van der Waals surface area contributed by atoms with Gasteiger partial charge in [-0.1, -0.05) is 39.3 Å². The number of allylic oxidation sites excluding steroid dienone is 1. The second-order valence-corrected chi connectivity index (χ2v) is 11.8. The highest BCUT2D eigenvalue weighted by atomic mass is 32.1. The number of ether oxygens (including phenoxy) is 2. The number of carbonyl (C=O) groups excluding carboxylic acids is 1.